The Morgan fingerprint density at radius 1 is 1.21 bits per heavy atom. The largest absolute Gasteiger partial charge is 0.381 e. The third kappa shape index (κ3) is 4.19. The van der Waals surface area contributed by atoms with Crippen LogP contribution in [0.15, 0.2) is 46.5 Å². The molecule has 2 unspecified atom stereocenters. The molecule has 1 aromatic carbocycles. The van der Waals surface area contributed by atoms with Crippen molar-refractivity contribution in [1.29, 1.82) is 0 Å². The van der Waals surface area contributed by atoms with E-state index in [0.29, 0.717) is 35.7 Å². The molecule has 2 aromatic rings. The fourth-order valence-electron chi connectivity index (χ4n) is 4.55. The lowest BCUT2D eigenvalue weighted by molar-refractivity contribution is -0.136. The number of fused-ring (bicyclic) bond motifs is 1. The number of carbonyl (C=O) groups excluding carboxylic acids is 3. The molecule has 3 aliphatic rings. The minimum absolute atomic E-state index is 0.214. The number of nitrogens with one attached hydrogen (secondary N) is 1. The van der Waals surface area contributed by atoms with Crippen LogP contribution in [0.4, 0.5) is 5.82 Å². The minimum atomic E-state index is -0.658. The molecule has 3 N–H and O–H groups in total. The van der Waals surface area contributed by atoms with Gasteiger partial charge in [-0.15, -0.1) is 0 Å². The van der Waals surface area contributed by atoms with Crippen LogP contribution in [0.25, 0.3) is 0 Å². The molecule has 0 aliphatic carbocycles. The fourth-order valence-corrected chi connectivity index (χ4v) is 4.55. The molecule has 2 atom stereocenters. The van der Waals surface area contributed by atoms with Gasteiger partial charge in [0.05, 0.1) is 12.8 Å². The maximum Gasteiger partial charge on any atom is 0.255 e. The van der Waals surface area contributed by atoms with Crippen LogP contribution < -0.4 is 11.2 Å². The Kier molecular flexibility index (Phi) is 5.89. The quantitative estimate of drug-likeness (QED) is 0.299. The van der Waals surface area contributed by atoms with Gasteiger partial charge in [0.2, 0.25) is 11.8 Å². The molecule has 0 spiro atoms. The second-order valence-electron chi connectivity index (χ2n) is 8.53. The number of nitrogens with two attached hydrogens (primary N) is 1. The number of piperidine rings is 1. The summed E-state index contributed by atoms with van der Waals surface area (Å²) in [5, 5.41) is 6.18. The molecule has 0 radical (unpaired) electrons. The summed E-state index contributed by atoms with van der Waals surface area (Å²) in [7, 11) is 0. The number of hydrazone groups is 1. The smallest absolute Gasteiger partial charge is 0.255 e. The zero-order valence-electron chi connectivity index (χ0n) is 18.4. The van der Waals surface area contributed by atoms with Crippen LogP contribution >= 0.6 is 0 Å². The summed E-state index contributed by atoms with van der Waals surface area (Å²) in [5.41, 5.74) is 3.37. The summed E-state index contributed by atoms with van der Waals surface area (Å²) in [5.74, 6) is 5.49. The second-order valence-corrected chi connectivity index (χ2v) is 8.53. The number of rotatable bonds is 5. The van der Waals surface area contributed by atoms with Crippen LogP contribution in [-0.4, -0.2) is 58.8 Å². The number of pyridine rings is 1. The normalized spacial score (nSPS) is 23.0. The lowest BCUT2D eigenvalue weighted by Crippen LogP contribution is -2.52. The molecule has 174 valence electrons. The highest BCUT2D eigenvalue weighted by Crippen LogP contribution is 2.28. The summed E-state index contributed by atoms with van der Waals surface area (Å²) in [6.07, 6.45) is 3.02. The highest BCUT2D eigenvalue weighted by atomic mass is 16.5. The van der Waals surface area contributed by atoms with Gasteiger partial charge in [0, 0.05) is 42.3 Å². The monoisotopic (exact) mass is 460 g/mol. The lowest BCUT2D eigenvalue weighted by Gasteiger charge is -2.29. The molecule has 4 heterocycles. The number of carbonyl (C=O) groups is 3. The van der Waals surface area contributed by atoms with Crippen LogP contribution in [0, 0.1) is 0 Å². The first kappa shape index (κ1) is 21.9. The zero-order chi connectivity index (χ0) is 23.7. The standard InChI is InChI=1S/C24H24N6O4/c25-29-19(11-26-21-3-1-2-18(27-21)15-8-9-34-13-15)14-4-5-17-16(10-14)12-30(24(17)33)20-6-7-22(31)28-23(20)32/h1-5,10-11,15,20H,6-9,12-13,25H2,(H,28,31,32)/b26-11+,29-19+. The lowest BCUT2D eigenvalue weighted by atomic mass is 10.0. The molecule has 1 aromatic heterocycles. The van der Waals surface area contributed by atoms with Gasteiger partial charge in [0.15, 0.2) is 5.82 Å². The molecule has 5 rings (SSSR count). The van der Waals surface area contributed by atoms with Gasteiger partial charge in [-0.1, -0.05) is 12.1 Å². The van der Waals surface area contributed by atoms with Crippen molar-refractivity contribution >= 4 is 35.5 Å². The Bertz CT molecular complexity index is 1220. The third-order valence-electron chi connectivity index (χ3n) is 6.38. The number of ether oxygens (including phenoxy) is 1. The first-order valence-electron chi connectivity index (χ1n) is 11.2. The average Bonchev–Trinajstić information content (AvgIpc) is 3.48. The van der Waals surface area contributed by atoms with Gasteiger partial charge in [-0.25, -0.2) is 9.98 Å². The van der Waals surface area contributed by atoms with Gasteiger partial charge in [-0.05, 0) is 42.7 Å². The molecule has 3 amide bonds. The Balaban J connectivity index is 1.33. The van der Waals surface area contributed by atoms with Crippen LogP contribution in [0.2, 0.25) is 0 Å². The number of benzene rings is 1. The number of hydrogen-bond donors (Lipinski definition) is 2. The van der Waals surface area contributed by atoms with Crippen LogP contribution in [-0.2, 0) is 20.9 Å². The van der Waals surface area contributed by atoms with E-state index >= 15 is 0 Å². The Morgan fingerprint density at radius 2 is 2.09 bits per heavy atom. The van der Waals surface area contributed by atoms with E-state index in [1.807, 2.05) is 24.3 Å². The highest BCUT2D eigenvalue weighted by Gasteiger charge is 2.39. The molecule has 0 saturated carbocycles. The molecular formula is C24H24N6O4. The Morgan fingerprint density at radius 3 is 2.85 bits per heavy atom. The molecule has 3 aliphatic heterocycles. The van der Waals surface area contributed by atoms with Crippen molar-refractivity contribution in [3.05, 3.63) is 58.8 Å². The number of amides is 3. The van der Waals surface area contributed by atoms with E-state index in [0.717, 1.165) is 24.3 Å². The summed E-state index contributed by atoms with van der Waals surface area (Å²) < 4.78 is 5.45. The number of hydrogen-bond acceptors (Lipinski definition) is 8. The molecule has 0 bridgehead atoms. The van der Waals surface area contributed by atoms with E-state index in [4.69, 9.17) is 10.6 Å². The second kappa shape index (κ2) is 9.14. The summed E-state index contributed by atoms with van der Waals surface area (Å²) in [6.45, 7) is 1.68. The topological polar surface area (TPSA) is 139 Å². The van der Waals surface area contributed by atoms with Crippen LogP contribution in [0.3, 0.4) is 0 Å². The predicted molar refractivity (Wildman–Crippen MR) is 124 cm³/mol. The first-order chi connectivity index (χ1) is 16.5. The van der Waals surface area contributed by atoms with Crippen molar-refractivity contribution in [2.45, 2.75) is 37.8 Å². The molecule has 10 nitrogen and oxygen atoms in total. The van der Waals surface area contributed by atoms with Gasteiger partial charge >= 0.3 is 0 Å². The van der Waals surface area contributed by atoms with E-state index in [1.165, 1.54) is 4.90 Å². The number of imide groups is 1. The van der Waals surface area contributed by atoms with Crippen molar-refractivity contribution in [3.63, 3.8) is 0 Å². The number of aromatic nitrogens is 1. The number of nitrogens with zero attached hydrogens (tertiary/aromatic N) is 4. The molecule has 2 fully saturated rings. The maximum absolute atomic E-state index is 12.9. The van der Waals surface area contributed by atoms with Gasteiger partial charge in [-0.3, -0.25) is 19.7 Å². The molecular weight excluding hydrogens is 436 g/mol. The zero-order valence-corrected chi connectivity index (χ0v) is 18.4. The third-order valence-corrected chi connectivity index (χ3v) is 6.38. The SMILES string of the molecule is N/N=C(\C=N\c1cccc(C2CCOC2)n1)c1ccc2c(c1)CN(C1CCC(=O)NC1=O)C2=O. The molecule has 10 heteroatoms. The van der Waals surface area contributed by atoms with E-state index in [2.05, 4.69) is 20.4 Å². The Labute approximate surface area is 195 Å². The first-order valence-corrected chi connectivity index (χ1v) is 11.2. The van der Waals surface area contributed by atoms with Gasteiger partial charge in [-0.2, -0.15) is 5.10 Å². The van der Waals surface area contributed by atoms with Gasteiger partial charge in [0.1, 0.15) is 11.8 Å². The van der Waals surface area contributed by atoms with Crippen molar-refractivity contribution < 1.29 is 19.1 Å². The van der Waals surface area contributed by atoms with Crippen LogP contribution in [0.5, 0.6) is 0 Å². The van der Waals surface area contributed by atoms with E-state index in [9.17, 15) is 14.4 Å². The van der Waals surface area contributed by atoms with Gasteiger partial charge in [0.25, 0.3) is 5.91 Å². The number of aliphatic imine (C=N–C) groups is 1. The predicted octanol–water partition coefficient (Wildman–Crippen LogP) is 1.41. The van der Waals surface area contributed by atoms with E-state index < -0.39 is 11.9 Å². The van der Waals surface area contributed by atoms with Crippen molar-refractivity contribution in [2.24, 2.45) is 15.9 Å². The van der Waals surface area contributed by atoms with Gasteiger partial charge < -0.3 is 15.5 Å². The van der Waals surface area contributed by atoms with Crippen molar-refractivity contribution in [2.75, 3.05) is 13.2 Å². The van der Waals surface area contributed by atoms with E-state index in [1.54, 1.807) is 18.3 Å². The molecule has 34 heavy (non-hydrogen) atoms. The minimum Gasteiger partial charge on any atom is -0.381 e. The summed E-state index contributed by atoms with van der Waals surface area (Å²) in [4.78, 5) is 47.2. The molecule has 2 saturated heterocycles. The summed E-state index contributed by atoms with van der Waals surface area (Å²) >= 11 is 0. The van der Waals surface area contributed by atoms with E-state index in [-0.39, 0.29) is 30.7 Å². The fraction of sp³-hybridized carbons (Fsp3) is 0.333. The Hall–Kier alpha value is -3.92. The van der Waals surface area contributed by atoms with Crippen LogP contribution in [0.1, 0.15) is 52.4 Å². The highest BCUT2D eigenvalue weighted by molar-refractivity contribution is 6.38. The van der Waals surface area contributed by atoms with Crippen molar-refractivity contribution in [1.82, 2.24) is 15.2 Å². The summed E-state index contributed by atoms with van der Waals surface area (Å²) in [6, 6.07) is 10.3. The van der Waals surface area contributed by atoms with Crippen molar-refractivity contribution in [3.8, 4) is 0 Å². The maximum atomic E-state index is 12.9. The average molecular weight is 460 g/mol.